The number of thiophene rings is 2. The van der Waals surface area contributed by atoms with Gasteiger partial charge in [0.15, 0.2) is 0 Å². The van der Waals surface area contributed by atoms with Gasteiger partial charge in [-0.05, 0) is 272 Å². The lowest BCUT2D eigenvalue weighted by Gasteiger charge is -2.29. The third kappa shape index (κ3) is 12.6. The van der Waals surface area contributed by atoms with Gasteiger partial charge in [0.25, 0.3) is 0 Å². The van der Waals surface area contributed by atoms with Crippen LogP contribution in [0.4, 0.5) is 34.1 Å². The maximum absolute atomic E-state index is 6.33. The van der Waals surface area contributed by atoms with Crippen molar-refractivity contribution in [1.82, 2.24) is 0 Å². The van der Waals surface area contributed by atoms with Crippen molar-refractivity contribution in [3.05, 3.63) is 449 Å². The van der Waals surface area contributed by atoms with E-state index in [1.54, 1.807) is 0 Å². The number of hydrogen-bond donors (Lipinski definition) is 0. The summed E-state index contributed by atoms with van der Waals surface area (Å²) in [6, 6.07) is 164. The van der Waals surface area contributed by atoms with Crippen LogP contribution in [0.1, 0.15) is 0 Å². The van der Waals surface area contributed by atoms with E-state index in [1.165, 1.54) is 155 Å². The molecule has 0 spiro atoms. The molecular weight excluding hydrogens is 1570 g/mol. The zero-order valence-electron chi connectivity index (χ0n) is 68.3. The molecule has 0 saturated heterocycles. The van der Waals surface area contributed by atoms with E-state index in [-0.39, 0.29) is 0 Å². The molecule has 0 saturated carbocycles. The van der Waals surface area contributed by atoms with Crippen LogP contribution in [0, 0.1) is 0 Å². The van der Waals surface area contributed by atoms with Crippen LogP contribution in [0.15, 0.2) is 458 Å². The zero-order chi connectivity index (χ0) is 82.9. The van der Waals surface area contributed by atoms with Crippen LogP contribution in [0.5, 0.6) is 0 Å². The van der Waals surface area contributed by atoms with Crippen LogP contribution in [0.2, 0.25) is 0 Å². The van der Waals surface area contributed by atoms with Gasteiger partial charge in [0.05, 0.1) is 5.69 Å². The second-order valence-corrected chi connectivity index (χ2v) is 35.1. The molecule has 0 fully saturated rings. The van der Waals surface area contributed by atoms with Crippen molar-refractivity contribution in [1.29, 1.82) is 0 Å². The third-order valence-electron chi connectivity index (χ3n) is 25.6. The van der Waals surface area contributed by atoms with Crippen molar-refractivity contribution in [2.24, 2.45) is 0 Å². The maximum atomic E-state index is 6.33. The molecule has 26 rings (SSSR count). The van der Waals surface area contributed by atoms with Crippen molar-refractivity contribution in [3.8, 4) is 66.8 Å². The molecule has 22 aromatic carbocycles. The molecule has 0 N–H and O–H groups in total. The van der Waals surface area contributed by atoms with E-state index < -0.39 is 0 Å². The Labute approximate surface area is 734 Å². The summed E-state index contributed by atoms with van der Waals surface area (Å²) in [5.74, 6) is 0. The fourth-order valence-electron chi connectivity index (χ4n) is 19.6. The minimum Gasteiger partial charge on any atom is -0.456 e. The molecule has 588 valence electrons. The summed E-state index contributed by atoms with van der Waals surface area (Å²) in [6.45, 7) is 0. The van der Waals surface area contributed by atoms with E-state index in [0.29, 0.717) is 0 Å². The normalized spacial score (nSPS) is 11.8. The second-order valence-electron chi connectivity index (χ2n) is 32.9. The number of para-hydroxylation sites is 1. The fourth-order valence-corrected chi connectivity index (χ4v) is 21.8. The van der Waals surface area contributed by atoms with E-state index in [4.69, 9.17) is 8.83 Å². The summed E-state index contributed by atoms with van der Waals surface area (Å²) in [7, 11) is 0. The van der Waals surface area contributed by atoms with Crippen LogP contribution >= 0.6 is 22.7 Å². The number of hydrogen-bond acceptors (Lipinski definition) is 6. The summed E-state index contributed by atoms with van der Waals surface area (Å²) in [4.78, 5) is 4.88. The van der Waals surface area contributed by atoms with E-state index in [1.807, 2.05) is 28.7 Å². The van der Waals surface area contributed by atoms with E-state index in [2.05, 4.69) is 453 Å². The Hall–Kier alpha value is -16.0. The lowest BCUT2D eigenvalue weighted by Crippen LogP contribution is -2.11. The Morgan fingerprint density at radius 3 is 1.25 bits per heavy atom. The summed E-state index contributed by atoms with van der Waals surface area (Å²) in [5.41, 5.74) is 24.4. The highest BCUT2D eigenvalue weighted by Gasteiger charge is 2.25. The van der Waals surface area contributed by atoms with Gasteiger partial charge in [0.2, 0.25) is 0 Å². The van der Waals surface area contributed by atoms with E-state index in [0.717, 1.165) is 94.9 Å². The topological polar surface area (TPSA) is 32.8 Å². The number of benzene rings is 22. The monoisotopic (exact) mass is 1640 g/mol. The average Bonchev–Trinajstić information content (AvgIpc) is 1.50. The molecule has 4 aromatic heterocycles. The third-order valence-corrected chi connectivity index (χ3v) is 27.9. The molecule has 6 heteroatoms. The first-order valence-electron chi connectivity index (χ1n) is 42.9. The van der Waals surface area contributed by atoms with Crippen LogP contribution in [0.3, 0.4) is 0 Å². The number of anilines is 6. The number of furan rings is 2. The second kappa shape index (κ2) is 30.0. The van der Waals surface area contributed by atoms with Crippen molar-refractivity contribution >= 4 is 206 Å². The van der Waals surface area contributed by atoms with Gasteiger partial charge in [-0.15, -0.1) is 22.7 Å². The first-order valence-corrected chi connectivity index (χ1v) is 44.6. The molecule has 0 atom stereocenters. The van der Waals surface area contributed by atoms with Gasteiger partial charge in [-0.2, -0.15) is 0 Å². The van der Waals surface area contributed by atoms with Crippen molar-refractivity contribution in [2.75, 3.05) is 9.80 Å². The minimum absolute atomic E-state index is 0.894. The van der Waals surface area contributed by atoms with Gasteiger partial charge in [-0.25, -0.2) is 0 Å². The predicted octanol–water partition coefficient (Wildman–Crippen LogP) is 35.8. The van der Waals surface area contributed by atoms with Crippen LogP contribution in [-0.2, 0) is 0 Å². The van der Waals surface area contributed by atoms with Gasteiger partial charge in [-0.3, -0.25) is 0 Å². The molecule has 0 aliphatic rings. The van der Waals surface area contributed by atoms with Crippen LogP contribution in [-0.4, -0.2) is 0 Å². The van der Waals surface area contributed by atoms with Gasteiger partial charge in [-0.1, -0.05) is 303 Å². The number of fused-ring (bicyclic) bond motifs is 21. The smallest absolute Gasteiger partial charge is 0.136 e. The summed E-state index contributed by atoms with van der Waals surface area (Å²) in [5, 5.41) is 24.5. The number of rotatable bonds is 12. The highest BCUT2D eigenvalue weighted by atomic mass is 32.1. The average molecular weight is 1640 g/mol. The van der Waals surface area contributed by atoms with Crippen LogP contribution < -0.4 is 9.80 Å². The highest BCUT2D eigenvalue weighted by Crippen LogP contribution is 2.51. The molecule has 4 nitrogen and oxygen atoms in total. The van der Waals surface area contributed by atoms with Crippen molar-refractivity contribution < 1.29 is 8.83 Å². The summed E-state index contributed by atoms with van der Waals surface area (Å²) < 4.78 is 17.9. The first-order chi connectivity index (χ1) is 62.4. The summed E-state index contributed by atoms with van der Waals surface area (Å²) in [6.07, 6.45) is 0. The molecular formula is C120H74N2O2S2. The molecule has 4 heterocycles. The molecule has 0 aliphatic heterocycles. The maximum Gasteiger partial charge on any atom is 0.136 e. The SMILES string of the molecule is c1ccc(-c2cccc(-c3cccc(N(c4ccc(-c5ccc6sc7ccccc7c6c5)cc4)c4ccc(-c5ccc6oc7ccc8ccccc8c7c6c5)cc4)c3)c2)cc1.c1ccc2c(-c3ccc4oc5ccccc5c4c3)cc(N(c3cc(-c4ccc5sc6ccc7ccccc7c6c5c4)c4ccccc4c3)c3cc4ccccc4c4ccccc34)cc2c1. The molecule has 0 bridgehead atoms. The van der Waals surface area contributed by atoms with Crippen molar-refractivity contribution in [2.45, 2.75) is 0 Å². The standard InChI is InChI=1S/C62H37NOS.C58H37NOS/c1-8-20-49-38(13-1)26-30-61-62(49)56-34-43(27-29-60(56)65-61)54-37-45(32-40-15-3-7-19-48(40)54)63(57-35-41-16-4-5-17-46(41)50-21-9-10-22-51(50)57)44-31-39-14-2-6-18-47(39)53(36-44)42-25-28-59-55(33-42)52-23-11-12-24-58(52)64-59;1-2-10-38(11-3-1)42-13-8-14-43(34-42)44-15-9-16-49(35-44)59(48-29-22-40(23-30-48)46-26-33-57-52(36-46)51-18-6-7-19-56(51)61-57)47-27-20-39(21-28-47)45-25-31-54-53(37-45)58-50-17-5-4-12-41(50)24-32-55(58)60-54/h1-37H;1-37H. The first kappa shape index (κ1) is 72.8. The lowest BCUT2D eigenvalue weighted by molar-refractivity contribution is 0.668. The highest BCUT2D eigenvalue weighted by molar-refractivity contribution is 7.26. The molecule has 26 aromatic rings. The molecule has 0 aliphatic carbocycles. The molecule has 0 unspecified atom stereocenters. The van der Waals surface area contributed by atoms with E-state index in [9.17, 15) is 0 Å². The van der Waals surface area contributed by atoms with Crippen LogP contribution in [0.25, 0.3) is 216 Å². The Balaban J connectivity index is 0.000000138. The van der Waals surface area contributed by atoms with Gasteiger partial charge < -0.3 is 18.6 Å². The Morgan fingerprint density at radius 2 is 0.563 bits per heavy atom. The minimum atomic E-state index is 0.894. The predicted molar refractivity (Wildman–Crippen MR) is 540 cm³/mol. The quantitative estimate of drug-likeness (QED) is 0.114. The van der Waals surface area contributed by atoms with Crippen molar-refractivity contribution in [3.63, 3.8) is 0 Å². The fraction of sp³-hybridized carbons (Fsp3) is 0. The zero-order valence-corrected chi connectivity index (χ0v) is 69.9. The molecule has 0 amide bonds. The Bertz CT molecular complexity index is 8880. The lowest BCUT2D eigenvalue weighted by atomic mass is 9.93. The van der Waals surface area contributed by atoms with E-state index >= 15 is 0 Å². The Morgan fingerprint density at radius 1 is 0.159 bits per heavy atom. The Kier molecular flexibility index (Phi) is 17.3. The van der Waals surface area contributed by atoms with Gasteiger partial charge in [0, 0.05) is 95.7 Å². The largest absolute Gasteiger partial charge is 0.456 e. The summed E-state index contributed by atoms with van der Waals surface area (Å²) >= 11 is 3.73. The van der Waals surface area contributed by atoms with Gasteiger partial charge in [0.1, 0.15) is 22.3 Å². The van der Waals surface area contributed by atoms with Gasteiger partial charge >= 0.3 is 0 Å². The number of nitrogens with zero attached hydrogens (tertiary/aromatic N) is 2. The molecule has 0 radical (unpaired) electrons. The molecule has 126 heavy (non-hydrogen) atoms.